The fraction of sp³-hybridized carbons (Fsp3) is 0.263. The van der Waals surface area contributed by atoms with E-state index in [1.165, 1.54) is 0 Å². The molecule has 0 spiro atoms. The van der Waals surface area contributed by atoms with E-state index in [-0.39, 0.29) is 0 Å². The van der Waals surface area contributed by atoms with Crippen LogP contribution < -0.4 is 5.32 Å². The Morgan fingerprint density at radius 3 is 2.62 bits per heavy atom. The molecule has 2 heterocycles. The highest BCUT2D eigenvalue weighted by Crippen LogP contribution is 2.24. The first kappa shape index (κ1) is 18.0. The average Bonchev–Trinajstić information content (AvgIpc) is 2.95. The third-order valence-electron chi connectivity index (χ3n) is 4.03. The smallest absolute Gasteiger partial charge is 0.342 e. The summed E-state index contributed by atoms with van der Waals surface area (Å²) in [7, 11) is 0. The predicted molar refractivity (Wildman–Crippen MR) is 93.9 cm³/mol. The van der Waals surface area contributed by atoms with E-state index < -0.39 is 24.9 Å². The Labute approximate surface area is 148 Å². The molecule has 4 nitrogen and oxygen atoms in total. The summed E-state index contributed by atoms with van der Waals surface area (Å²) in [5, 5.41) is 2.47. The summed E-state index contributed by atoms with van der Waals surface area (Å²) < 4.78 is 38.7. The third-order valence-corrected chi connectivity index (χ3v) is 4.03. The van der Waals surface area contributed by atoms with Crippen molar-refractivity contribution < 1.29 is 18.0 Å². The number of carbonyl (C=O) groups excluding carboxylic acids is 1. The quantitative estimate of drug-likeness (QED) is 0.718. The summed E-state index contributed by atoms with van der Waals surface area (Å²) in [6, 6.07) is 13.7. The van der Waals surface area contributed by atoms with E-state index in [1.807, 2.05) is 53.2 Å². The van der Waals surface area contributed by atoms with Gasteiger partial charge in [-0.3, -0.25) is 4.79 Å². The molecule has 0 aliphatic rings. The monoisotopic (exact) mass is 361 g/mol. The Kier molecular flexibility index (Phi) is 4.97. The van der Waals surface area contributed by atoms with Crippen LogP contribution in [0, 0.1) is 6.92 Å². The lowest BCUT2D eigenvalue weighted by Crippen LogP contribution is -2.17. The van der Waals surface area contributed by atoms with Crippen LogP contribution in [0.2, 0.25) is 0 Å². The van der Waals surface area contributed by atoms with E-state index >= 15 is 0 Å². The van der Waals surface area contributed by atoms with Crippen LogP contribution in [-0.4, -0.2) is 21.6 Å². The lowest BCUT2D eigenvalue weighted by Gasteiger charge is -2.10. The van der Waals surface area contributed by atoms with Crippen molar-refractivity contribution >= 4 is 22.8 Å². The molecule has 0 atom stereocenters. The number of aromatic nitrogens is 2. The number of rotatable bonds is 5. The van der Waals surface area contributed by atoms with Gasteiger partial charge in [0, 0.05) is 19.2 Å². The molecule has 0 aliphatic carbocycles. The zero-order valence-corrected chi connectivity index (χ0v) is 14.2. The van der Waals surface area contributed by atoms with Gasteiger partial charge in [-0.2, -0.15) is 13.2 Å². The summed E-state index contributed by atoms with van der Waals surface area (Å²) in [4.78, 5) is 16.1. The molecule has 3 aromatic rings. The van der Waals surface area contributed by atoms with Crippen LogP contribution in [0.4, 0.5) is 19.0 Å². The van der Waals surface area contributed by atoms with Crippen LogP contribution in [0.3, 0.4) is 0 Å². The van der Waals surface area contributed by atoms with Gasteiger partial charge in [-0.1, -0.05) is 30.3 Å². The van der Waals surface area contributed by atoms with Crippen molar-refractivity contribution in [1.82, 2.24) is 9.55 Å². The SMILES string of the molecule is Cc1cc2c(ccn2Cc2ccccc2)nc1NC(=O)CCC(F)(F)F. The average molecular weight is 361 g/mol. The fourth-order valence-corrected chi connectivity index (χ4v) is 2.70. The number of carbonyl (C=O) groups is 1. The molecule has 0 saturated carbocycles. The number of amides is 1. The van der Waals surface area contributed by atoms with Gasteiger partial charge in [0.25, 0.3) is 0 Å². The van der Waals surface area contributed by atoms with Gasteiger partial charge in [-0.15, -0.1) is 0 Å². The van der Waals surface area contributed by atoms with Crippen molar-refractivity contribution in [2.45, 2.75) is 32.5 Å². The Bertz CT molecular complexity index is 917. The molecule has 0 unspecified atom stereocenters. The summed E-state index contributed by atoms with van der Waals surface area (Å²) >= 11 is 0. The molecule has 0 aliphatic heterocycles. The Balaban J connectivity index is 1.78. The number of anilines is 1. The van der Waals surface area contributed by atoms with E-state index in [9.17, 15) is 18.0 Å². The first-order valence-corrected chi connectivity index (χ1v) is 8.19. The summed E-state index contributed by atoms with van der Waals surface area (Å²) in [6.07, 6.45) is -4.21. The maximum Gasteiger partial charge on any atom is 0.389 e. The standard InChI is InChI=1S/C19H18F3N3O/c1-13-11-16-15(8-10-25(16)12-14-5-3-2-4-6-14)23-18(13)24-17(26)7-9-19(20,21)22/h2-6,8,10-11H,7,9,12H2,1H3,(H,23,24,26). The maximum absolute atomic E-state index is 12.2. The lowest BCUT2D eigenvalue weighted by atomic mass is 10.2. The molecular weight excluding hydrogens is 343 g/mol. The summed E-state index contributed by atoms with van der Waals surface area (Å²) in [5.74, 6) is -0.400. The van der Waals surface area contributed by atoms with E-state index in [0.29, 0.717) is 23.4 Å². The van der Waals surface area contributed by atoms with Gasteiger partial charge in [-0.05, 0) is 30.2 Å². The Morgan fingerprint density at radius 2 is 1.92 bits per heavy atom. The number of benzene rings is 1. The van der Waals surface area contributed by atoms with Crippen molar-refractivity contribution in [3.63, 3.8) is 0 Å². The molecule has 2 aromatic heterocycles. The van der Waals surface area contributed by atoms with Gasteiger partial charge >= 0.3 is 6.18 Å². The van der Waals surface area contributed by atoms with Crippen LogP contribution in [0.25, 0.3) is 11.0 Å². The third kappa shape index (κ3) is 4.41. The minimum Gasteiger partial charge on any atom is -0.342 e. The maximum atomic E-state index is 12.2. The summed E-state index contributed by atoms with van der Waals surface area (Å²) in [6.45, 7) is 2.45. The Morgan fingerprint density at radius 1 is 1.19 bits per heavy atom. The van der Waals surface area contributed by atoms with Gasteiger partial charge in [0.1, 0.15) is 5.82 Å². The van der Waals surface area contributed by atoms with E-state index in [4.69, 9.17) is 0 Å². The van der Waals surface area contributed by atoms with Gasteiger partial charge in [0.05, 0.1) is 17.5 Å². The second-order valence-corrected chi connectivity index (χ2v) is 6.15. The van der Waals surface area contributed by atoms with Gasteiger partial charge in [0.15, 0.2) is 0 Å². The molecule has 136 valence electrons. The minimum absolute atomic E-state index is 0.294. The fourth-order valence-electron chi connectivity index (χ4n) is 2.70. The molecule has 0 saturated heterocycles. The van der Waals surface area contributed by atoms with Crippen LogP contribution in [0.5, 0.6) is 0 Å². The molecule has 7 heteroatoms. The number of fused-ring (bicyclic) bond motifs is 1. The Hall–Kier alpha value is -2.83. The van der Waals surface area contributed by atoms with Crippen molar-refractivity contribution in [1.29, 1.82) is 0 Å². The zero-order chi connectivity index (χ0) is 18.7. The number of aryl methyl sites for hydroxylation is 1. The molecule has 0 radical (unpaired) electrons. The molecular formula is C19H18F3N3O. The second-order valence-electron chi connectivity index (χ2n) is 6.15. The summed E-state index contributed by atoms with van der Waals surface area (Å²) in [5.41, 5.74) is 3.43. The van der Waals surface area contributed by atoms with Crippen molar-refractivity contribution in [2.24, 2.45) is 0 Å². The molecule has 0 fully saturated rings. The number of pyridine rings is 1. The van der Waals surface area contributed by atoms with Crippen molar-refractivity contribution in [3.05, 3.63) is 59.8 Å². The number of nitrogens with one attached hydrogen (secondary N) is 1. The molecule has 0 bridgehead atoms. The van der Waals surface area contributed by atoms with Gasteiger partial charge in [0.2, 0.25) is 5.91 Å². The second kappa shape index (κ2) is 7.19. The van der Waals surface area contributed by atoms with E-state index in [0.717, 1.165) is 11.1 Å². The highest BCUT2D eigenvalue weighted by Gasteiger charge is 2.28. The van der Waals surface area contributed by atoms with E-state index in [1.54, 1.807) is 6.92 Å². The van der Waals surface area contributed by atoms with Crippen molar-refractivity contribution in [2.75, 3.05) is 5.32 Å². The van der Waals surface area contributed by atoms with Crippen LogP contribution in [-0.2, 0) is 11.3 Å². The predicted octanol–water partition coefficient (Wildman–Crippen LogP) is 4.67. The van der Waals surface area contributed by atoms with E-state index in [2.05, 4.69) is 10.3 Å². The number of hydrogen-bond donors (Lipinski definition) is 1. The normalized spacial score (nSPS) is 11.7. The van der Waals surface area contributed by atoms with Crippen LogP contribution in [0.15, 0.2) is 48.7 Å². The topological polar surface area (TPSA) is 46.9 Å². The van der Waals surface area contributed by atoms with Gasteiger partial charge < -0.3 is 9.88 Å². The number of hydrogen-bond acceptors (Lipinski definition) is 2. The number of halogens is 3. The van der Waals surface area contributed by atoms with Crippen molar-refractivity contribution in [3.8, 4) is 0 Å². The zero-order valence-electron chi connectivity index (χ0n) is 14.2. The molecule has 1 amide bonds. The van der Waals surface area contributed by atoms with Crippen LogP contribution >= 0.6 is 0 Å². The first-order valence-electron chi connectivity index (χ1n) is 8.19. The first-order chi connectivity index (χ1) is 12.3. The lowest BCUT2D eigenvalue weighted by molar-refractivity contribution is -0.142. The number of nitrogens with zero attached hydrogens (tertiary/aromatic N) is 2. The number of alkyl halides is 3. The highest BCUT2D eigenvalue weighted by molar-refractivity contribution is 5.92. The van der Waals surface area contributed by atoms with Gasteiger partial charge in [-0.25, -0.2) is 4.98 Å². The minimum atomic E-state index is -4.35. The highest BCUT2D eigenvalue weighted by atomic mass is 19.4. The largest absolute Gasteiger partial charge is 0.389 e. The molecule has 1 aromatic carbocycles. The molecule has 1 N–H and O–H groups in total. The molecule has 3 rings (SSSR count). The molecule has 26 heavy (non-hydrogen) atoms. The van der Waals surface area contributed by atoms with Crippen LogP contribution in [0.1, 0.15) is 24.0 Å².